The van der Waals surface area contributed by atoms with Crippen molar-refractivity contribution >= 4 is 0 Å². The maximum absolute atomic E-state index is 13.9. The number of benzene rings is 1. The summed E-state index contributed by atoms with van der Waals surface area (Å²) < 4.78 is 79.7. The van der Waals surface area contributed by atoms with Gasteiger partial charge in [0.05, 0.1) is 13.2 Å². The third-order valence-corrected chi connectivity index (χ3v) is 3.42. The summed E-state index contributed by atoms with van der Waals surface area (Å²) in [5, 5.41) is 0. The van der Waals surface area contributed by atoms with Crippen LogP contribution in [0, 0.1) is 11.6 Å². The Balaban J connectivity index is 2.22. The average molecular weight is 326 g/mol. The maximum Gasteiger partial charge on any atom is 0.414 e. The number of hydrogen-bond acceptors (Lipinski definition) is 3. The molecule has 1 saturated heterocycles. The zero-order valence-corrected chi connectivity index (χ0v) is 11.8. The highest BCUT2D eigenvalue weighted by molar-refractivity contribution is 5.39. The minimum Gasteiger partial charge on any atom is -0.488 e. The molecule has 0 saturated carbocycles. The summed E-state index contributed by atoms with van der Waals surface area (Å²) in [5.74, 6) is -3.43. The summed E-state index contributed by atoms with van der Waals surface area (Å²) in [6, 6.07) is 2.10. The Morgan fingerprint density at radius 2 is 1.95 bits per heavy atom. The minimum absolute atomic E-state index is 0.0415. The van der Waals surface area contributed by atoms with E-state index >= 15 is 0 Å². The first kappa shape index (κ1) is 17.0. The Labute approximate surface area is 124 Å². The van der Waals surface area contributed by atoms with E-state index in [1.54, 1.807) is 0 Å². The monoisotopic (exact) mass is 326 g/mol. The van der Waals surface area contributed by atoms with Crippen LogP contribution in [0.4, 0.5) is 22.0 Å². The zero-order chi connectivity index (χ0) is 16.3. The molecule has 0 N–H and O–H groups in total. The molecular weight excluding hydrogens is 311 g/mol. The highest BCUT2D eigenvalue weighted by Gasteiger charge is 2.46. The van der Waals surface area contributed by atoms with Gasteiger partial charge in [0.2, 0.25) is 5.82 Å². The zero-order valence-electron chi connectivity index (χ0n) is 11.8. The van der Waals surface area contributed by atoms with Crippen LogP contribution in [0.5, 0.6) is 5.75 Å². The molecule has 2 rings (SSSR count). The highest BCUT2D eigenvalue weighted by atomic mass is 19.4. The second-order valence-electron chi connectivity index (χ2n) is 4.92. The van der Waals surface area contributed by atoms with Gasteiger partial charge in [-0.1, -0.05) is 6.07 Å². The van der Waals surface area contributed by atoms with Gasteiger partial charge in [0, 0.05) is 18.6 Å². The van der Waals surface area contributed by atoms with Crippen molar-refractivity contribution < 1.29 is 36.2 Å². The smallest absolute Gasteiger partial charge is 0.414 e. The molecule has 0 spiro atoms. The molecular formula is C14H15F5O3. The molecule has 124 valence electrons. The number of ether oxygens (including phenoxy) is 3. The molecule has 2 atom stereocenters. The molecule has 0 aliphatic carbocycles. The van der Waals surface area contributed by atoms with Crippen molar-refractivity contribution in [3.63, 3.8) is 0 Å². The molecule has 1 heterocycles. The first-order valence-corrected chi connectivity index (χ1v) is 6.62. The molecule has 0 radical (unpaired) electrons. The van der Waals surface area contributed by atoms with Crippen LogP contribution < -0.4 is 4.74 Å². The third-order valence-electron chi connectivity index (χ3n) is 3.42. The molecule has 0 bridgehead atoms. The van der Waals surface area contributed by atoms with E-state index in [0.29, 0.717) is 0 Å². The molecule has 8 heteroatoms. The summed E-state index contributed by atoms with van der Waals surface area (Å²) in [7, 11) is 1.41. The predicted octanol–water partition coefficient (Wildman–Crippen LogP) is 3.42. The number of methoxy groups -OCH3 is 1. The molecule has 22 heavy (non-hydrogen) atoms. The van der Waals surface area contributed by atoms with Crippen LogP contribution in [0.3, 0.4) is 0 Å². The average Bonchev–Trinajstić information content (AvgIpc) is 2.93. The van der Waals surface area contributed by atoms with Crippen LogP contribution in [-0.4, -0.2) is 39.2 Å². The fourth-order valence-electron chi connectivity index (χ4n) is 2.31. The molecule has 1 aromatic carbocycles. The van der Waals surface area contributed by atoms with Gasteiger partial charge in [0.25, 0.3) is 0 Å². The van der Waals surface area contributed by atoms with E-state index in [1.807, 2.05) is 0 Å². The molecule has 2 unspecified atom stereocenters. The number of hydrogen-bond donors (Lipinski definition) is 0. The van der Waals surface area contributed by atoms with Gasteiger partial charge < -0.3 is 14.2 Å². The lowest BCUT2D eigenvalue weighted by Gasteiger charge is -2.17. The van der Waals surface area contributed by atoms with Gasteiger partial charge >= 0.3 is 6.18 Å². The largest absolute Gasteiger partial charge is 0.488 e. The standard InChI is InChI=1S/C14H15F5O3/c1-20-4-5-21-13-9(2-3-10(15)12(13)16)8-6-11(22-7-8)14(17,18)19/h2-3,8,11H,4-7H2,1H3. The number of rotatable bonds is 5. The normalized spacial score (nSPS) is 22.1. The fourth-order valence-corrected chi connectivity index (χ4v) is 2.31. The summed E-state index contributed by atoms with van der Waals surface area (Å²) in [4.78, 5) is 0. The van der Waals surface area contributed by atoms with E-state index < -0.39 is 29.8 Å². The molecule has 0 amide bonds. The lowest BCUT2D eigenvalue weighted by Crippen LogP contribution is -2.27. The van der Waals surface area contributed by atoms with Gasteiger partial charge in [-0.25, -0.2) is 4.39 Å². The van der Waals surface area contributed by atoms with Crippen molar-refractivity contribution in [2.45, 2.75) is 24.6 Å². The van der Waals surface area contributed by atoms with Gasteiger partial charge in [0.15, 0.2) is 17.7 Å². The topological polar surface area (TPSA) is 27.7 Å². The lowest BCUT2D eigenvalue weighted by atomic mass is 9.95. The van der Waals surface area contributed by atoms with E-state index in [-0.39, 0.29) is 37.6 Å². The first-order valence-electron chi connectivity index (χ1n) is 6.62. The Morgan fingerprint density at radius 3 is 2.55 bits per heavy atom. The fraction of sp³-hybridized carbons (Fsp3) is 0.571. The van der Waals surface area contributed by atoms with Gasteiger partial charge in [-0.05, 0) is 12.5 Å². The maximum atomic E-state index is 13.9. The van der Waals surface area contributed by atoms with E-state index in [9.17, 15) is 22.0 Å². The van der Waals surface area contributed by atoms with Crippen molar-refractivity contribution in [3.8, 4) is 5.75 Å². The Morgan fingerprint density at radius 1 is 1.23 bits per heavy atom. The third kappa shape index (κ3) is 3.67. The Bertz CT molecular complexity index is 518. The second kappa shape index (κ2) is 6.78. The van der Waals surface area contributed by atoms with Crippen LogP contribution in [0.1, 0.15) is 17.9 Å². The summed E-state index contributed by atoms with van der Waals surface area (Å²) in [5.41, 5.74) is 0.168. The highest BCUT2D eigenvalue weighted by Crippen LogP contribution is 2.41. The summed E-state index contributed by atoms with van der Waals surface area (Å²) in [6.45, 7) is -0.127. The van der Waals surface area contributed by atoms with Crippen LogP contribution in [0.25, 0.3) is 0 Å². The first-order chi connectivity index (χ1) is 10.3. The number of halogens is 5. The molecule has 3 nitrogen and oxygen atoms in total. The summed E-state index contributed by atoms with van der Waals surface area (Å²) in [6.07, 6.45) is -6.74. The van der Waals surface area contributed by atoms with Crippen molar-refractivity contribution in [3.05, 3.63) is 29.3 Å². The van der Waals surface area contributed by atoms with Crippen LogP contribution >= 0.6 is 0 Å². The van der Waals surface area contributed by atoms with Crippen LogP contribution in [0.2, 0.25) is 0 Å². The van der Waals surface area contributed by atoms with Crippen molar-refractivity contribution in [2.24, 2.45) is 0 Å². The Hall–Kier alpha value is -1.41. The van der Waals surface area contributed by atoms with Crippen molar-refractivity contribution in [2.75, 3.05) is 26.9 Å². The van der Waals surface area contributed by atoms with Gasteiger partial charge in [0.1, 0.15) is 6.61 Å². The van der Waals surface area contributed by atoms with Crippen molar-refractivity contribution in [1.82, 2.24) is 0 Å². The SMILES string of the molecule is COCCOc1c(C2COC(C(F)(F)F)C2)ccc(F)c1F. The quantitative estimate of drug-likeness (QED) is 0.613. The molecule has 1 aliphatic heterocycles. The van der Waals surface area contributed by atoms with Gasteiger partial charge in [-0.15, -0.1) is 0 Å². The van der Waals surface area contributed by atoms with Crippen molar-refractivity contribution in [1.29, 1.82) is 0 Å². The van der Waals surface area contributed by atoms with E-state index in [4.69, 9.17) is 14.2 Å². The van der Waals surface area contributed by atoms with E-state index in [0.717, 1.165) is 6.07 Å². The molecule has 0 aromatic heterocycles. The van der Waals surface area contributed by atoms with E-state index in [2.05, 4.69) is 0 Å². The van der Waals surface area contributed by atoms with Crippen LogP contribution in [-0.2, 0) is 9.47 Å². The molecule has 1 fully saturated rings. The number of alkyl halides is 3. The van der Waals surface area contributed by atoms with Gasteiger partial charge in [-0.2, -0.15) is 17.6 Å². The van der Waals surface area contributed by atoms with Crippen LogP contribution in [0.15, 0.2) is 12.1 Å². The van der Waals surface area contributed by atoms with E-state index in [1.165, 1.54) is 13.2 Å². The van der Waals surface area contributed by atoms with Gasteiger partial charge in [-0.3, -0.25) is 0 Å². The molecule has 1 aromatic rings. The second-order valence-corrected chi connectivity index (χ2v) is 4.92. The summed E-state index contributed by atoms with van der Waals surface area (Å²) >= 11 is 0. The Kier molecular flexibility index (Phi) is 5.23. The lowest BCUT2D eigenvalue weighted by molar-refractivity contribution is -0.206. The molecule has 1 aliphatic rings. The predicted molar refractivity (Wildman–Crippen MR) is 66.9 cm³/mol. The minimum atomic E-state index is -4.48.